The van der Waals surface area contributed by atoms with Crippen LogP contribution in [0.25, 0.3) is 0 Å². The molecular formula is C27H35N3O3. The first-order valence-corrected chi connectivity index (χ1v) is 12.1. The number of likely N-dealkylation sites (N-methyl/N-ethyl adjacent to an activating group) is 1. The zero-order valence-electron chi connectivity index (χ0n) is 19.8. The molecule has 33 heavy (non-hydrogen) atoms. The Bertz CT molecular complexity index is 990. The van der Waals surface area contributed by atoms with Gasteiger partial charge in [-0.25, -0.2) is 0 Å². The third-order valence-electron chi connectivity index (χ3n) is 6.93. The summed E-state index contributed by atoms with van der Waals surface area (Å²) in [5.41, 5.74) is 4.21. The first kappa shape index (κ1) is 23.3. The van der Waals surface area contributed by atoms with Crippen molar-refractivity contribution in [3.05, 3.63) is 59.2 Å². The van der Waals surface area contributed by atoms with Gasteiger partial charge < -0.3 is 15.0 Å². The van der Waals surface area contributed by atoms with Gasteiger partial charge in [-0.1, -0.05) is 37.1 Å². The van der Waals surface area contributed by atoms with Gasteiger partial charge in [0.25, 0.3) is 0 Å². The lowest BCUT2D eigenvalue weighted by Gasteiger charge is -2.34. The molecule has 0 unspecified atom stereocenters. The molecule has 0 spiro atoms. The summed E-state index contributed by atoms with van der Waals surface area (Å²) in [7, 11) is 3.72. The molecule has 1 saturated heterocycles. The molecule has 2 aliphatic rings. The molecule has 1 fully saturated rings. The number of rotatable bonds is 6. The minimum atomic E-state index is -0.0234. The molecule has 4 rings (SSSR count). The summed E-state index contributed by atoms with van der Waals surface area (Å²) in [4.78, 5) is 30.1. The van der Waals surface area contributed by atoms with Crippen LogP contribution in [0.4, 0.5) is 5.69 Å². The van der Waals surface area contributed by atoms with Crippen LogP contribution in [0.15, 0.2) is 42.5 Å². The van der Waals surface area contributed by atoms with Gasteiger partial charge in [-0.2, -0.15) is 0 Å². The fourth-order valence-electron chi connectivity index (χ4n) is 4.98. The standard InChI is InChI=1S/C27H35N3O3/c1-29-16-7-3-4-9-24(29)27(32)30-17-15-20-11-13-23(18-22(20)19-30)28-26(31)14-12-21-8-5-6-10-25(21)33-2/h5-6,8,10-11,13,18,24H,3-4,7,9,12,14-17,19H2,1-2H3,(H,28,31)/t24-/m0/s1. The highest BCUT2D eigenvalue weighted by atomic mass is 16.5. The number of nitrogens with one attached hydrogen (secondary N) is 1. The molecule has 0 aromatic heterocycles. The van der Waals surface area contributed by atoms with Crippen molar-refractivity contribution in [2.24, 2.45) is 0 Å². The fraction of sp³-hybridized carbons (Fsp3) is 0.481. The number of methoxy groups -OCH3 is 1. The van der Waals surface area contributed by atoms with Crippen molar-refractivity contribution in [1.82, 2.24) is 9.80 Å². The van der Waals surface area contributed by atoms with Crippen molar-refractivity contribution >= 4 is 17.5 Å². The Morgan fingerprint density at radius 1 is 1.06 bits per heavy atom. The molecule has 1 N–H and O–H groups in total. The fourth-order valence-corrected chi connectivity index (χ4v) is 4.98. The van der Waals surface area contributed by atoms with Crippen LogP contribution in [0.1, 0.15) is 48.8 Å². The molecule has 6 nitrogen and oxygen atoms in total. The van der Waals surface area contributed by atoms with E-state index < -0.39 is 0 Å². The van der Waals surface area contributed by atoms with E-state index in [1.807, 2.05) is 41.3 Å². The Balaban J connectivity index is 1.37. The van der Waals surface area contributed by atoms with E-state index in [1.165, 1.54) is 18.4 Å². The summed E-state index contributed by atoms with van der Waals surface area (Å²) in [6.45, 7) is 2.37. The highest BCUT2D eigenvalue weighted by molar-refractivity contribution is 5.91. The Kier molecular flexibility index (Phi) is 7.65. The smallest absolute Gasteiger partial charge is 0.240 e. The molecule has 6 heteroatoms. The molecule has 2 aromatic rings. The van der Waals surface area contributed by atoms with Crippen molar-refractivity contribution < 1.29 is 14.3 Å². The second-order valence-corrected chi connectivity index (χ2v) is 9.20. The van der Waals surface area contributed by atoms with Crippen molar-refractivity contribution in [1.29, 1.82) is 0 Å². The molecule has 2 aromatic carbocycles. The van der Waals surface area contributed by atoms with Crippen molar-refractivity contribution in [2.75, 3.05) is 32.6 Å². The number of fused-ring (bicyclic) bond motifs is 1. The quantitative estimate of drug-likeness (QED) is 0.724. The number of para-hydroxylation sites is 1. The lowest BCUT2D eigenvalue weighted by molar-refractivity contribution is -0.137. The monoisotopic (exact) mass is 449 g/mol. The number of aryl methyl sites for hydroxylation is 1. The third-order valence-corrected chi connectivity index (χ3v) is 6.93. The average Bonchev–Trinajstić information content (AvgIpc) is 3.06. The summed E-state index contributed by atoms with van der Waals surface area (Å²) in [5.74, 6) is 1.03. The van der Waals surface area contributed by atoms with E-state index in [-0.39, 0.29) is 17.9 Å². The van der Waals surface area contributed by atoms with Gasteiger partial charge in [0.2, 0.25) is 11.8 Å². The third kappa shape index (κ3) is 5.74. The largest absolute Gasteiger partial charge is 0.496 e. The van der Waals surface area contributed by atoms with Gasteiger partial charge in [0.05, 0.1) is 13.2 Å². The zero-order chi connectivity index (χ0) is 23.2. The number of benzene rings is 2. The topological polar surface area (TPSA) is 61.9 Å². The molecular weight excluding hydrogens is 414 g/mol. The predicted molar refractivity (Wildman–Crippen MR) is 130 cm³/mol. The zero-order valence-corrected chi connectivity index (χ0v) is 19.8. The van der Waals surface area contributed by atoms with Crippen LogP contribution < -0.4 is 10.1 Å². The van der Waals surface area contributed by atoms with Crippen LogP contribution in [-0.4, -0.2) is 54.9 Å². The van der Waals surface area contributed by atoms with Gasteiger partial charge in [-0.15, -0.1) is 0 Å². The summed E-state index contributed by atoms with van der Waals surface area (Å²) >= 11 is 0. The minimum Gasteiger partial charge on any atom is -0.496 e. The van der Waals surface area contributed by atoms with Crippen molar-refractivity contribution in [3.8, 4) is 5.75 Å². The lowest BCUT2D eigenvalue weighted by Crippen LogP contribution is -2.48. The van der Waals surface area contributed by atoms with Crippen LogP contribution >= 0.6 is 0 Å². The molecule has 0 aliphatic carbocycles. The first-order chi connectivity index (χ1) is 16.0. The van der Waals surface area contributed by atoms with Crippen LogP contribution in [0.2, 0.25) is 0 Å². The van der Waals surface area contributed by atoms with Gasteiger partial charge in [0.1, 0.15) is 5.75 Å². The second kappa shape index (κ2) is 10.8. The Labute approximate surface area is 196 Å². The maximum absolute atomic E-state index is 13.3. The molecule has 2 heterocycles. The van der Waals surface area contributed by atoms with Gasteiger partial charge in [0, 0.05) is 25.2 Å². The molecule has 0 radical (unpaired) electrons. The number of nitrogens with zero attached hydrogens (tertiary/aromatic N) is 2. The van der Waals surface area contributed by atoms with Crippen LogP contribution in [0, 0.1) is 0 Å². The lowest BCUT2D eigenvalue weighted by atomic mass is 9.97. The number of carbonyl (C=O) groups excluding carboxylic acids is 2. The van der Waals surface area contributed by atoms with E-state index in [1.54, 1.807) is 7.11 Å². The highest BCUT2D eigenvalue weighted by Crippen LogP contribution is 2.26. The minimum absolute atomic E-state index is 0.00749. The van der Waals surface area contributed by atoms with Gasteiger partial charge in [-0.05, 0) is 74.2 Å². The number of amides is 2. The van der Waals surface area contributed by atoms with E-state index in [0.717, 1.165) is 54.9 Å². The van der Waals surface area contributed by atoms with Crippen LogP contribution in [-0.2, 0) is 29.0 Å². The highest BCUT2D eigenvalue weighted by Gasteiger charge is 2.30. The maximum atomic E-state index is 13.3. The summed E-state index contributed by atoms with van der Waals surface area (Å²) in [6, 6.07) is 13.9. The molecule has 176 valence electrons. The number of ether oxygens (including phenoxy) is 1. The van der Waals surface area contributed by atoms with E-state index in [2.05, 4.69) is 23.3 Å². The van der Waals surface area contributed by atoms with Crippen molar-refractivity contribution in [3.63, 3.8) is 0 Å². The number of hydrogen-bond donors (Lipinski definition) is 1. The van der Waals surface area contributed by atoms with Crippen LogP contribution in [0.5, 0.6) is 5.75 Å². The summed E-state index contributed by atoms with van der Waals surface area (Å²) in [6.07, 6.45) is 6.31. The van der Waals surface area contributed by atoms with E-state index in [0.29, 0.717) is 19.4 Å². The summed E-state index contributed by atoms with van der Waals surface area (Å²) in [5, 5.41) is 3.03. The normalized spacial score (nSPS) is 18.8. The summed E-state index contributed by atoms with van der Waals surface area (Å²) < 4.78 is 5.38. The van der Waals surface area contributed by atoms with E-state index in [9.17, 15) is 9.59 Å². The number of anilines is 1. The van der Waals surface area contributed by atoms with Crippen molar-refractivity contribution in [2.45, 2.75) is 57.5 Å². The van der Waals surface area contributed by atoms with Crippen LogP contribution in [0.3, 0.4) is 0 Å². The molecule has 1 atom stereocenters. The maximum Gasteiger partial charge on any atom is 0.240 e. The van der Waals surface area contributed by atoms with Gasteiger partial charge in [-0.3, -0.25) is 14.5 Å². The number of hydrogen-bond acceptors (Lipinski definition) is 4. The molecule has 0 saturated carbocycles. The Morgan fingerprint density at radius 2 is 1.91 bits per heavy atom. The predicted octanol–water partition coefficient (Wildman–Crippen LogP) is 4.03. The molecule has 2 aliphatic heterocycles. The van der Waals surface area contributed by atoms with Gasteiger partial charge >= 0.3 is 0 Å². The van der Waals surface area contributed by atoms with E-state index >= 15 is 0 Å². The first-order valence-electron chi connectivity index (χ1n) is 12.1. The van der Waals surface area contributed by atoms with E-state index in [4.69, 9.17) is 4.74 Å². The Morgan fingerprint density at radius 3 is 2.76 bits per heavy atom. The molecule has 2 amide bonds. The Hall–Kier alpha value is -2.86. The number of carbonyl (C=O) groups is 2. The second-order valence-electron chi connectivity index (χ2n) is 9.20. The number of likely N-dealkylation sites (tertiary alicyclic amines) is 1. The van der Waals surface area contributed by atoms with Gasteiger partial charge in [0.15, 0.2) is 0 Å². The average molecular weight is 450 g/mol. The SMILES string of the molecule is COc1ccccc1CCC(=O)Nc1ccc2c(c1)CN(C(=O)[C@@H]1CCCCCN1C)CC2. The molecule has 0 bridgehead atoms.